The summed E-state index contributed by atoms with van der Waals surface area (Å²) in [6.07, 6.45) is 2.88. The molecule has 0 aromatic heterocycles. The monoisotopic (exact) mass is 457 g/mol. The van der Waals surface area contributed by atoms with E-state index in [1.54, 1.807) is 0 Å². The van der Waals surface area contributed by atoms with Crippen molar-refractivity contribution in [2.75, 3.05) is 6.54 Å². The average molecular weight is 458 g/mol. The zero-order valence-electron chi connectivity index (χ0n) is 20.0. The normalized spacial score (nSPS) is 18.9. The molecule has 2 atom stereocenters. The third-order valence-corrected chi connectivity index (χ3v) is 7.09. The first kappa shape index (κ1) is 23.6. The molecule has 33 heavy (non-hydrogen) atoms. The van der Waals surface area contributed by atoms with Gasteiger partial charge in [0.1, 0.15) is 5.60 Å². The molecule has 4 rings (SSSR count). The zero-order chi connectivity index (χ0) is 23.3. The topological polar surface area (TPSA) is 30.5 Å². The molecule has 0 unspecified atom stereocenters. The fourth-order valence-corrected chi connectivity index (χ4v) is 6.06. The minimum absolute atomic E-state index is 0.113. The van der Waals surface area contributed by atoms with Crippen molar-refractivity contribution in [3.8, 4) is 0 Å². The first-order chi connectivity index (χ1) is 15.9. The van der Waals surface area contributed by atoms with Crippen molar-refractivity contribution in [1.29, 1.82) is 0 Å². The van der Waals surface area contributed by atoms with Gasteiger partial charge in [-0.05, 0) is 48.3 Å². The van der Waals surface area contributed by atoms with Gasteiger partial charge in [0.25, 0.3) is 0 Å². The summed E-state index contributed by atoms with van der Waals surface area (Å²) in [6.45, 7) is 12.0. The highest BCUT2D eigenvalue weighted by Crippen LogP contribution is 2.42. The van der Waals surface area contributed by atoms with Gasteiger partial charge in [0.2, 0.25) is 0 Å². The maximum absolute atomic E-state index is 7.13. The predicted octanol–water partition coefficient (Wildman–Crippen LogP) is 6.37. The van der Waals surface area contributed by atoms with Gasteiger partial charge in [-0.15, -0.1) is 0 Å². The molecule has 1 saturated heterocycles. The lowest BCUT2D eigenvalue weighted by molar-refractivity contribution is 0.0325. The third-order valence-electron chi connectivity index (χ3n) is 6.15. The van der Waals surface area contributed by atoms with Crippen molar-refractivity contribution in [3.63, 3.8) is 0 Å². The summed E-state index contributed by atoms with van der Waals surface area (Å²) in [7, 11) is -1.92. The Morgan fingerprint density at radius 3 is 2.00 bits per heavy atom. The van der Waals surface area contributed by atoms with Crippen molar-refractivity contribution in [1.82, 2.24) is 5.32 Å². The van der Waals surface area contributed by atoms with Gasteiger partial charge >= 0.3 is 0 Å². The molecule has 172 valence electrons. The van der Waals surface area contributed by atoms with Crippen molar-refractivity contribution in [2.24, 2.45) is 0 Å². The van der Waals surface area contributed by atoms with Crippen LogP contribution in [0, 0.1) is 0 Å². The van der Waals surface area contributed by atoms with Gasteiger partial charge < -0.3 is 14.5 Å². The van der Waals surface area contributed by atoms with E-state index in [0.29, 0.717) is 6.61 Å². The van der Waals surface area contributed by atoms with Crippen LogP contribution in [-0.2, 0) is 21.4 Å². The molecular weight excluding hydrogens is 422 g/mol. The van der Waals surface area contributed by atoms with Gasteiger partial charge in [-0.1, -0.05) is 97.6 Å². The van der Waals surface area contributed by atoms with Crippen LogP contribution in [0.2, 0.25) is 19.6 Å². The van der Waals surface area contributed by atoms with Crippen LogP contribution in [0.15, 0.2) is 91.5 Å². The fourth-order valence-electron chi connectivity index (χ4n) is 4.72. The van der Waals surface area contributed by atoms with Crippen molar-refractivity contribution < 1.29 is 9.16 Å². The van der Waals surface area contributed by atoms with E-state index >= 15 is 0 Å². The van der Waals surface area contributed by atoms with Crippen LogP contribution in [-0.4, -0.2) is 27.0 Å². The zero-order valence-corrected chi connectivity index (χ0v) is 21.0. The summed E-state index contributed by atoms with van der Waals surface area (Å²) in [5, 5.41) is 3.78. The molecule has 3 nitrogen and oxygen atoms in total. The highest BCUT2D eigenvalue weighted by Gasteiger charge is 2.48. The highest BCUT2D eigenvalue weighted by molar-refractivity contribution is 6.69. The minimum atomic E-state index is -1.92. The molecule has 1 fully saturated rings. The maximum atomic E-state index is 7.13. The van der Waals surface area contributed by atoms with Crippen LogP contribution in [0.4, 0.5) is 0 Å². The summed E-state index contributed by atoms with van der Waals surface area (Å²) in [6, 6.07) is 29.9. The van der Waals surface area contributed by atoms with Gasteiger partial charge in [-0.2, -0.15) is 0 Å². The van der Waals surface area contributed by atoms with Crippen LogP contribution in [0.5, 0.6) is 0 Å². The standard InChI is InChI=1S/C29H35NO2Si/c1-5-23-16-18-24(19-17-23)22-31-27-20-28(30-21-27)29(32-33(2,3)4,25-12-8-6-9-13-25)26-14-10-7-11-15-26/h5-19,27-28,30H,1,20-22H2,2-4H3/t27-,28+/m1/s1. The number of benzene rings is 3. The highest BCUT2D eigenvalue weighted by atomic mass is 28.4. The molecule has 0 saturated carbocycles. The molecule has 1 aliphatic heterocycles. The minimum Gasteiger partial charge on any atom is -0.403 e. The molecule has 0 aliphatic carbocycles. The van der Waals surface area contributed by atoms with Gasteiger partial charge in [0, 0.05) is 12.6 Å². The Balaban J connectivity index is 1.61. The summed E-state index contributed by atoms with van der Waals surface area (Å²) < 4.78 is 13.5. The molecule has 1 heterocycles. The number of ether oxygens (including phenoxy) is 1. The summed E-state index contributed by atoms with van der Waals surface area (Å²) in [5.41, 5.74) is 4.13. The molecule has 0 spiro atoms. The van der Waals surface area contributed by atoms with E-state index < -0.39 is 13.9 Å². The molecule has 3 aromatic rings. The first-order valence-corrected chi connectivity index (χ1v) is 15.2. The van der Waals surface area contributed by atoms with Gasteiger partial charge in [0.05, 0.1) is 12.7 Å². The number of rotatable bonds is 9. The Morgan fingerprint density at radius 1 is 0.909 bits per heavy atom. The molecule has 1 N–H and O–H groups in total. The third kappa shape index (κ3) is 5.53. The Kier molecular flexibility index (Phi) is 7.30. The van der Waals surface area contributed by atoms with E-state index in [2.05, 4.69) is 116 Å². The maximum Gasteiger partial charge on any atom is 0.185 e. The molecule has 4 heteroatoms. The quantitative estimate of drug-likeness (QED) is 0.379. The average Bonchev–Trinajstić information content (AvgIpc) is 3.31. The number of nitrogens with one attached hydrogen (secondary N) is 1. The van der Waals surface area contributed by atoms with E-state index in [1.807, 2.05) is 6.08 Å². The summed E-state index contributed by atoms with van der Waals surface area (Å²) in [4.78, 5) is 0. The molecule has 0 radical (unpaired) electrons. The van der Waals surface area contributed by atoms with E-state index in [1.165, 1.54) is 16.7 Å². The Bertz CT molecular complexity index is 989. The van der Waals surface area contributed by atoms with Gasteiger partial charge in [-0.3, -0.25) is 0 Å². The predicted molar refractivity (Wildman–Crippen MR) is 140 cm³/mol. The molecule has 0 bridgehead atoms. The number of hydrogen-bond acceptors (Lipinski definition) is 3. The van der Waals surface area contributed by atoms with Crippen LogP contribution in [0.25, 0.3) is 6.08 Å². The van der Waals surface area contributed by atoms with Crippen molar-refractivity contribution in [3.05, 3.63) is 114 Å². The fraction of sp³-hybridized carbons (Fsp3) is 0.310. The molecule has 3 aromatic carbocycles. The molecule has 1 aliphatic rings. The summed E-state index contributed by atoms with van der Waals surface area (Å²) in [5.74, 6) is 0. The second-order valence-corrected chi connectivity index (χ2v) is 14.2. The molecule has 0 amide bonds. The SMILES string of the molecule is C=Cc1ccc(CO[C@H]2CN[C@H](C(O[Si](C)(C)C)(c3ccccc3)c3ccccc3)C2)cc1. The van der Waals surface area contributed by atoms with E-state index in [9.17, 15) is 0 Å². The largest absolute Gasteiger partial charge is 0.403 e. The smallest absolute Gasteiger partial charge is 0.185 e. The summed E-state index contributed by atoms with van der Waals surface area (Å²) >= 11 is 0. The van der Waals surface area contributed by atoms with Crippen LogP contribution < -0.4 is 5.32 Å². The second-order valence-electron chi connectivity index (χ2n) is 9.76. The van der Waals surface area contributed by atoms with Crippen molar-refractivity contribution in [2.45, 2.75) is 50.4 Å². The lowest BCUT2D eigenvalue weighted by atomic mass is 9.79. The number of hydrogen-bond donors (Lipinski definition) is 1. The second kappa shape index (κ2) is 10.2. The Hall–Kier alpha value is -2.50. The van der Waals surface area contributed by atoms with E-state index in [4.69, 9.17) is 9.16 Å². The van der Waals surface area contributed by atoms with Crippen LogP contribution in [0.3, 0.4) is 0 Å². The van der Waals surface area contributed by atoms with Gasteiger partial charge in [0.15, 0.2) is 8.32 Å². The lowest BCUT2D eigenvalue weighted by Crippen LogP contribution is -2.53. The Morgan fingerprint density at radius 2 is 1.48 bits per heavy atom. The van der Waals surface area contributed by atoms with Crippen LogP contribution in [0.1, 0.15) is 28.7 Å². The van der Waals surface area contributed by atoms with E-state index in [-0.39, 0.29) is 12.1 Å². The van der Waals surface area contributed by atoms with E-state index in [0.717, 1.165) is 18.5 Å². The first-order valence-electron chi connectivity index (χ1n) is 11.8. The Labute approximate surface area is 199 Å². The molecular formula is C29H35NO2Si. The van der Waals surface area contributed by atoms with Gasteiger partial charge in [-0.25, -0.2) is 0 Å². The lowest BCUT2D eigenvalue weighted by Gasteiger charge is -2.44. The van der Waals surface area contributed by atoms with Crippen molar-refractivity contribution >= 4 is 14.4 Å². The van der Waals surface area contributed by atoms with Crippen LogP contribution >= 0.6 is 0 Å².